The van der Waals surface area contributed by atoms with Crippen molar-refractivity contribution in [2.45, 2.75) is 20.3 Å². The van der Waals surface area contributed by atoms with Crippen molar-refractivity contribution in [1.82, 2.24) is 0 Å². The number of carbonyl (C=O) groups excluding carboxylic acids is 1. The Labute approximate surface area is 130 Å². The molecule has 0 aromatic heterocycles. The molecule has 0 atom stereocenters. The number of thiocarbonyl (C=S) groups is 1. The summed E-state index contributed by atoms with van der Waals surface area (Å²) in [6, 6.07) is 13.2. The van der Waals surface area contributed by atoms with Crippen LogP contribution in [-0.2, 0) is 6.42 Å². The molecule has 0 saturated heterocycles. The molecule has 2 aromatic carbocycles. The summed E-state index contributed by atoms with van der Waals surface area (Å²) < 4.78 is 0. The summed E-state index contributed by atoms with van der Waals surface area (Å²) in [6.07, 6.45) is 0.950. The van der Waals surface area contributed by atoms with Gasteiger partial charge in [0, 0.05) is 11.1 Å². The van der Waals surface area contributed by atoms with E-state index in [9.17, 15) is 4.79 Å². The van der Waals surface area contributed by atoms with Gasteiger partial charge < -0.3 is 11.1 Å². The molecule has 0 fully saturated rings. The van der Waals surface area contributed by atoms with Crippen LogP contribution in [0.3, 0.4) is 0 Å². The molecule has 0 aliphatic heterocycles. The first-order chi connectivity index (χ1) is 10.0. The molecular weight excluding hydrogens is 280 g/mol. The number of carbonyl (C=O) groups is 1. The average molecular weight is 298 g/mol. The van der Waals surface area contributed by atoms with Crippen molar-refractivity contribution in [2.75, 3.05) is 5.32 Å². The van der Waals surface area contributed by atoms with Crippen molar-refractivity contribution >= 4 is 28.8 Å². The minimum absolute atomic E-state index is 0.166. The molecule has 0 heterocycles. The van der Waals surface area contributed by atoms with E-state index in [0.29, 0.717) is 16.8 Å². The van der Waals surface area contributed by atoms with Crippen LogP contribution in [0.25, 0.3) is 0 Å². The fourth-order valence-electron chi connectivity index (χ4n) is 2.19. The molecule has 3 nitrogen and oxygen atoms in total. The molecule has 2 aromatic rings. The third-order valence-corrected chi connectivity index (χ3v) is 3.60. The third-order valence-electron chi connectivity index (χ3n) is 3.39. The van der Waals surface area contributed by atoms with Gasteiger partial charge >= 0.3 is 0 Å². The van der Waals surface area contributed by atoms with Crippen molar-refractivity contribution in [3.8, 4) is 0 Å². The van der Waals surface area contributed by atoms with Crippen molar-refractivity contribution in [3.05, 3.63) is 64.7 Å². The van der Waals surface area contributed by atoms with E-state index < -0.39 is 0 Å². The smallest absolute Gasteiger partial charge is 0.255 e. The van der Waals surface area contributed by atoms with E-state index in [1.54, 1.807) is 6.07 Å². The number of amides is 1. The number of benzene rings is 2. The van der Waals surface area contributed by atoms with Crippen molar-refractivity contribution in [3.63, 3.8) is 0 Å². The van der Waals surface area contributed by atoms with Gasteiger partial charge in [0.05, 0.1) is 5.69 Å². The molecule has 0 spiro atoms. The molecule has 0 radical (unpaired) electrons. The minimum atomic E-state index is -0.166. The second kappa shape index (κ2) is 6.50. The van der Waals surface area contributed by atoms with Crippen molar-refractivity contribution < 1.29 is 4.79 Å². The molecule has 21 heavy (non-hydrogen) atoms. The maximum Gasteiger partial charge on any atom is 0.255 e. The van der Waals surface area contributed by atoms with Crippen LogP contribution in [0.15, 0.2) is 42.5 Å². The summed E-state index contributed by atoms with van der Waals surface area (Å²) >= 11 is 5.07. The van der Waals surface area contributed by atoms with Gasteiger partial charge in [-0.3, -0.25) is 4.79 Å². The van der Waals surface area contributed by atoms with Gasteiger partial charge in [0.2, 0.25) is 0 Å². The quantitative estimate of drug-likeness (QED) is 0.850. The van der Waals surface area contributed by atoms with Gasteiger partial charge in [0.25, 0.3) is 5.91 Å². The molecule has 0 bridgehead atoms. The van der Waals surface area contributed by atoms with Gasteiger partial charge in [-0.2, -0.15) is 0 Å². The summed E-state index contributed by atoms with van der Waals surface area (Å²) in [5.74, 6) is -0.166. The number of nitrogens with two attached hydrogens (primary N) is 1. The van der Waals surface area contributed by atoms with E-state index >= 15 is 0 Å². The molecule has 0 aliphatic rings. The van der Waals surface area contributed by atoms with E-state index in [2.05, 4.69) is 12.2 Å². The van der Waals surface area contributed by atoms with Crippen LogP contribution >= 0.6 is 12.2 Å². The molecular formula is C17H18N2OS. The fraction of sp³-hybridized carbons (Fsp3) is 0.176. The lowest BCUT2D eigenvalue weighted by Crippen LogP contribution is -2.18. The Morgan fingerprint density at radius 3 is 2.43 bits per heavy atom. The van der Waals surface area contributed by atoms with Crippen LogP contribution in [0.4, 0.5) is 5.69 Å². The third kappa shape index (κ3) is 3.47. The van der Waals surface area contributed by atoms with Crippen LogP contribution < -0.4 is 11.1 Å². The van der Waals surface area contributed by atoms with E-state index in [1.165, 1.54) is 5.56 Å². The number of aryl methyl sites for hydroxylation is 2. The highest BCUT2D eigenvalue weighted by molar-refractivity contribution is 7.80. The fourth-order valence-corrected chi connectivity index (χ4v) is 2.46. The zero-order chi connectivity index (χ0) is 15.4. The maximum absolute atomic E-state index is 12.3. The first-order valence-corrected chi connectivity index (χ1v) is 7.23. The van der Waals surface area contributed by atoms with Gasteiger partial charge in [-0.1, -0.05) is 43.4 Å². The van der Waals surface area contributed by atoms with E-state index in [0.717, 1.165) is 12.0 Å². The number of rotatable bonds is 4. The van der Waals surface area contributed by atoms with Crippen LogP contribution in [0.5, 0.6) is 0 Å². The van der Waals surface area contributed by atoms with Crippen molar-refractivity contribution in [1.29, 1.82) is 0 Å². The monoisotopic (exact) mass is 298 g/mol. The first-order valence-electron chi connectivity index (χ1n) is 6.82. The average Bonchev–Trinajstić information content (AvgIpc) is 2.47. The minimum Gasteiger partial charge on any atom is -0.389 e. The number of nitrogens with one attached hydrogen (secondary N) is 1. The van der Waals surface area contributed by atoms with Gasteiger partial charge in [0.1, 0.15) is 4.99 Å². The first kappa shape index (κ1) is 15.2. The number of hydrogen-bond acceptors (Lipinski definition) is 2. The summed E-state index contributed by atoms with van der Waals surface area (Å²) in [4.78, 5) is 12.6. The normalized spacial score (nSPS) is 10.2. The Kier molecular flexibility index (Phi) is 4.70. The number of hydrogen-bond donors (Lipinski definition) is 2. The molecule has 1 amide bonds. The van der Waals surface area contributed by atoms with Gasteiger partial charge in [-0.15, -0.1) is 0 Å². The van der Waals surface area contributed by atoms with Gasteiger partial charge in [-0.25, -0.2) is 0 Å². The highest BCUT2D eigenvalue weighted by Gasteiger charge is 2.12. The SMILES string of the molecule is CCc1ccc(C(=O)Nc2cccc(C)c2C(N)=S)cc1. The summed E-state index contributed by atoms with van der Waals surface area (Å²) in [5, 5.41) is 2.88. The lowest BCUT2D eigenvalue weighted by molar-refractivity contribution is 0.102. The predicted molar refractivity (Wildman–Crippen MR) is 90.8 cm³/mol. The molecule has 0 saturated carbocycles. The lowest BCUT2D eigenvalue weighted by Gasteiger charge is -2.12. The molecule has 3 N–H and O–H groups in total. The van der Waals surface area contributed by atoms with Crippen LogP contribution in [0.1, 0.15) is 34.0 Å². The molecule has 0 aliphatic carbocycles. The Morgan fingerprint density at radius 2 is 1.86 bits per heavy atom. The second-order valence-electron chi connectivity index (χ2n) is 4.87. The predicted octanol–water partition coefficient (Wildman–Crippen LogP) is 3.44. The Balaban J connectivity index is 2.27. The van der Waals surface area contributed by atoms with Crippen LogP contribution in [0.2, 0.25) is 0 Å². The summed E-state index contributed by atoms with van der Waals surface area (Å²) in [7, 11) is 0. The zero-order valence-electron chi connectivity index (χ0n) is 12.1. The molecule has 4 heteroatoms. The van der Waals surface area contributed by atoms with Gasteiger partial charge in [-0.05, 0) is 42.7 Å². The Bertz CT molecular complexity index is 678. The largest absolute Gasteiger partial charge is 0.389 e. The topological polar surface area (TPSA) is 55.1 Å². The standard InChI is InChI=1S/C17H18N2OS/c1-3-12-7-9-13(10-8-12)17(20)19-14-6-4-5-11(2)15(14)16(18)21/h4-10H,3H2,1-2H3,(H2,18,21)(H,19,20). The Hall–Kier alpha value is -2.20. The molecule has 108 valence electrons. The summed E-state index contributed by atoms with van der Waals surface area (Å²) in [5.41, 5.74) is 9.87. The highest BCUT2D eigenvalue weighted by atomic mass is 32.1. The van der Waals surface area contributed by atoms with E-state index in [-0.39, 0.29) is 10.9 Å². The van der Waals surface area contributed by atoms with Crippen molar-refractivity contribution in [2.24, 2.45) is 5.73 Å². The van der Waals surface area contributed by atoms with E-state index in [4.69, 9.17) is 18.0 Å². The Morgan fingerprint density at radius 1 is 1.19 bits per heavy atom. The second-order valence-corrected chi connectivity index (χ2v) is 5.31. The van der Waals surface area contributed by atoms with Crippen LogP contribution in [0, 0.1) is 6.92 Å². The lowest BCUT2D eigenvalue weighted by atomic mass is 10.1. The van der Waals surface area contributed by atoms with E-state index in [1.807, 2.05) is 43.3 Å². The maximum atomic E-state index is 12.3. The molecule has 0 unspecified atom stereocenters. The zero-order valence-corrected chi connectivity index (χ0v) is 13.0. The highest BCUT2D eigenvalue weighted by Crippen LogP contribution is 2.20. The van der Waals surface area contributed by atoms with Gasteiger partial charge in [0.15, 0.2) is 0 Å². The molecule has 2 rings (SSSR count). The summed E-state index contributed by atoms with van der Waals surface area (Å²) in [6.45, 7) is 4.00. The van der Waals surface area contributed by atoms with Crippen LogP contribution in [-0.4, -0.2) is 10.9 Å². The number of anilines is 1.